The number of amides is 1. The van der Waals surface area contributed by atoms with Crippen molar-refractivity contribution in [2.75, 3.05) is 33.3 Å². The Balaban J connectivity index is 2.13. The van der Waals surface area contributed by atoms with E-state index in [-0.39, 0.29) is 11.4 Å². The SMILES string of the molecule is COC(=O)N1CCCN(S(=O)(=O)c2ccccc2)CC1. The number of hydrogen-bond acceptors (Lipinski definition) is 4. The summed E-state index contributed by atoms with van der Waals surface area (Å²) in [5.41, 5.74) is 0. The lowest BCUT2D eigenvalue weighted by atomic mass is 10.4. The molecule has 7 heteroatoms. The number of carbonyl (C=O) groups is 1. The van der Waals surface area contributed by atoms with E-state index in [1.165, 1.54) is 16.3 Å². The summed E-state index contributed by atoms with van der Waals surface area (Å²) in [7, 11) is -2.16. The monoisotopic (exact) mass is 298 g/mol. The largest absolute Gasteiger partial charge is 0.453 e. The van der Waals surface area contributed by atoms with Crippen molar-refractivity contribution < 1.29 is 17.9 Å². The molecule has 1 aromatic carbocycles. The molecule has 20 heavy (non-hydrogen) atoms. The van der Waals surface area contributed by atoms with Gasteiger partial charge in [-0.25, -0.2) is 13.2 Å². The first-order valence-electron chi connectivity index (χ1n) is 6.44. The topological polar surface area (TPSA) is 66.9 Å². The predicted molar refractivity (Wildman–Crippen MR) is 73.8 cm³/mol. The van der Waals surface area contributed by atoms with Gasteiger partial charge in [-0.05, 0) is 18.6 Å². The Morgan fingerprint density at radius 3 is 2.45 bits per heavy atom. The fraction of sp³-hybridized carbons (Fsp3) is 0.462. The molecule has 1 aromatic rings. The van der Waals surface area contributed by atoms with Gasteiger partial charge in [0.25, 0.3) is 0 Å². The number of carbonyl (C=O) groups excluding carboxylic acids is 1. The predicted octanol–water partition coefficient (Wildman–Crippen LogP) is 1.15. The molecule has 0 atom stereocenters. The van der Waals surface area contributed by atoms with Crippen LogP contribution in [-0.4, -0.2) is 57.0 Å². The van der Waals surface area contributed by atoms with Gasteiger partial charge in [0.15, 0.2) is 0 Å². The van der Waals surface area contributed by atoms with Gasteiger partial charge in [0.2, 0.25) is 10.0 Å². The van der Waals surface area contributed by atoms with Gasteiger partial charge in [-0.3, -0.25) is 0 Å². The molecular weight excluding hydrogens is 280 g/mol. The normalized spacial score (nSPS) is 17.6. The van der Waals surface area contributed by atoms with Gasteiger partial charge in [0.1, 0.15) is 0 Å². The van der Waals surface area contributed by atoms with E-state index < -0.39 is 16.1 Å². The van der Waals surface area contributed by atoms with Crippen molar-refractivity contribution in [1.29, 1.82) is 0 Å². The number of nitrogens with zero attached hydrogens (tertiary/aromatic N) is 2. The highest BCUT2D eigenvalue weighted by atomic mass is 32.2. The van der Waals surface area contributed by atoms with E-state index in [0.717, 1.165) is 0 Å². The van der Waals surface area contributed by atoms with E-state index in [1.807, 2.05) is 0 Å². The molecule has 1 fully saturated rings. The van der Waals surface area contributed by atoms with Crippen molar-refractivity contribution in [3.05, 3.63) is 30.3 Å². The highest BCUT2D eigenvalue weighted by Crippen LogP contribution is 2.17. The maximum Gasteiger partial charge on any atom is 0.409 e. The fourth-order valence-electron chi connectivity index (χ4n) is 2.19. The third-order valence-corrected chi connectivity index (χ3v) is 5.18. The summed E-state index contributed by atoms with van der Waals surface area (Å²) >= 11 is 0. The molecule has 1 amide bonds. The molecule has 110 valence electrons. The van der Waals surface area contributed by atoms with E-state index in [2.05, 4.69) is 4.74 Å². The van der Waals surface area contributed by atoms with E-state index in [9.17, 15) is 13.2 Å². The third kappa shape index (κ3) is 3.10. The molecule has 0 aliphatic carbocycles. The Kier molecular flexibility index (Phi) is 4.61. The molecule has 1 aliphatic heterocycles. The first kappa shape index (κ1) is 14.8. The molecule has 0 unspecified atom stereocenters. The lowest BCUT2D eigenvalue weighted by Crippen LogP contribution is -2.37. The van der Waals surface area contributed by atoms with Crippen LogP contribution in [0.15, 0.2) is 35.2 Å². The highest BCUT2D eigenvalue weighted by Gasteiger charge is 2.28. The van der Waals surface area contributed by atoms with Gasteiger partial charge in [0.05, 0.1) is 12.0 Å². The lowest BCUT2D eigenvalue weighted by Gasteiger charge is -2.21. The first-order valence-corrected chi connectivity index (χ1v) is 7.88. The number of ether oxygens (including phenoxy) is 1. The molecule has 1 heterocycles. The molecule has 1 aliphatic rings. The van der Waals surface area contributed by atoms with Crippen molar-refractivity contribution in [2.24, 2.45) is 0 Å². The Hall–Kier alpha value is -1.60. The van der Waals surface area contributed by atoms with Crippen LogP contribution in [0, 0.1) is 0 Å². The van der Waals surface area contributed by atoms with E-state index in [1.54, 1.807) is 30.3 Å². The van der Waals surface area contributed by atoms with Crippen LogP contribution < -0.4 is 0 Å². The van der Waals surface area contributed by atoms with Crippen LogP contribution in [0.3, 0.4) is 0 Å². The van der Waals surface area contributed by atoms with Gasteiger partial charge in [-0.2, -0.15) is 4.31 Å². The molecule has 1 saturated heterocycles. The van der Waals surface area contributed by atoms with E-state index in [4.69, 9.17) is 0 Å². The van der Waals surface area contributed by atoms with Crippen LogP contribution in [0.1, 0.15) is 6.42 Å². The summed E-state index contributed by atoms with van der Waals surface area (Å²) in [5, 5.41) is 0. The smallest absolute Gasteiger partial charge is 0.409 e. The van der Waals surface area contributed by atoms with Crippen LogP contribution in [0.2, 0.25) is 0 Å². The van der Waals surface area contributed by atoms with Crippen molar-refractivity contribution in [1.82, 2.24) is 9.21 Å². The molecular formula is C13H18N2O4S. The highest BCUT2D eigenvalue weighted by molar-refractivity contribution is 7.89. The molecule has 0 saturated carbocycles. The van der Waals surface area contributed by atoms with Gasteiger partial charge in [-0.1, -0.05) is 18.2 Å². The minimum Gasteiger partial charge on any atom is -0.453 e. The number of methoxy groups -OCH3 is 1. The summed E-state index contributed by atoms with van der Waals surface area (Å²) in [5.74, 6) is 0. The van der Waals surface area contributed by atoms with Crippen LogP contribution in [0.4, 0.5) is 4.79 Å². The quantitative estimate of drug-likeness (QED) is 0.821. The van der Waals surface area contributed by atoms with Crippen LogP contribution in [0.5, 0.6) is 0 Å². The average Bonchev–Trinajstić information content (AvgIpc) is 2.73. The number of benzene rings is 1. The lowest BCUT2D eigenvalue weighted by molar-refractivity contribution is 0.126. The third-order valence-electron chi connectivity index (χ3n) is 3.27. The standard InChI is InChI=1S/C13H18N2O4S/c1-19-13(16)14-8-5-9-15(11-10-14)20(17,18)12-6-3-2-4-7-12/h2-4,6-7H,5,8-11H2,1H3. The zero-order valence-electron chi connectivity index (χ0n) is 11.4. The molecule has 6 nitrogen and oxygen atoms in total. The Morgan fingerprint density at radius 2 is 1.80 bits per heavy atom. The summed E-state index contributed by atoms with van der Waals surface area (Å²) < 4.78 is 31.0. The summed E-state index contributed by atoms with van der Waals surface area (Å²) in [6, 6.07) is 8.34. The molecule has 0 N–H and O–H groups in total. The summed E-state index contributed by atoms with van der Waals surface area (Å²) in [6.45, 7) is 1.54. The van der Waals surface area contributed by atoms with Crippen LogP contribution in [0.25, 0.3) is 0 Å². The Morgan fingerprint density at radius 1 is 1.10 bits per heavy atom. The Bertz CT molecular complexity index is 559. The fourth-order valence-corrected chi connectivity index (χ4v) is 3.68. The van der Waals surface area contributed by atoms with Crippen molar-refractivity contribution in [2.45, 2.75) is 11.3 Å². The number of hydrogen-bond donors (Lipinski definition) is 0. The molecule has 2 rings (SSSR count). The second-order valence-electron chi connectivity index (χ2n) is 4.53. The molecule has 0 aromatic heterocycles. The molecule has 0 bridgehead atoms. The minimum atomic E-state index is -3.49. The van der Waals surface area contributed by atoms with Gasteiger partial charge in [0, 0.05) is 26.2 Å². The maximum absolute atomic E-state index is 12.5. The van der Waals surface area contributed by atoms with Crippen molar-refractivity contribution in [3.63, 3.8) is 0 Å². The van der Waals surface area contributed by atoms with Gasteiger partial charge < -0.3 is 9.64 Å². The van der Waals surface area contributed by atoms with E-state index >= 15 is 0 Å². The second-order valence-corrected chi connectivity index (χ2v) is 6.47. The van der Waals surface area contributed by atoms with Crippen LogP contribution >= 0.6 is 0 Å². The first-order chi connectivity index (χ1) is 9.55. The van der Waals surface area contributed by atoms with Crippen molar-refractivity contribution >= 4 is 16.1 Å². The van der Waals surface area contributed by atoms with E-state index in [0.29, 0.717) is 26.1 Å². The molecule has 0 radical (unpaired) electrons. The van der Waals surface area contributed by atoms with Crippen LogP contribution in [-0.2, 0) is 14.8 Å². The number of rotatable bonds is 2. The van der Waals surface area contributed by atoms with Gasteiger partial charge >= 0.3 is 6.09 Å². The number of sulfonamides is 1. The Labute approximate surface area is 119 Å². The van der Waals surface area contributed by atoms with Gasteiger partial charge in [-0.15, -0.1) is 0 Å². The second kappa shape index (κ2) is 6.23. The zero-order valence-corrected chi connectivity index (χ0v) is 12.2. The maximum atomic E-state index is 12.5. The minimum absolute atomic E-state index is 0.284. The zero-order chi connectivity index (χ0) is 14.6. The summed E-state index contributed by atoms with van der Waals surface area (Å²) in [6.07, 6.45) is 0.185. The summed E-state index contributed by atoms with van der Waals surface area (Å²) in [4.78, 5) is 13.3. The average molecular weight is 298 g/mol. The van der Waals surface area contributed by atoms with Crippen molar-refractivity contribution in [3.8, 4) is 0 Å². The molecule has 0 spiro atoms.